The van der Waals surface area contributed by atoms with Crippen molar-refractivity contribution in [3.63, 3.8) is 0 Å². The number of nitrogens with one attached hydrogen (secondary N) is 1. The van der Waals surface area contributed by atoms with E-state index in [1.807, 2.05) is 55.5 Å². The van der Waals surface area contributed by atoms with E-state index >= 15 is 0 Å². The highest BCUT2D eigenvalue weighted by Crippen LogP contribution is 2.30. The van der Waals surface area contributed by atoms with Crippen molar-refractivity contribution in [1.29, 1.82) is 0 Å². The minimum Gasteiger partial charge on any atom is -0.410 e. The molecule has 0 aromatic heterocycles. The molecule has 1 aliphatic heterocycles. The van der Waals surface area contributed by atoms with Crippen LogP contribution in [0.5, 0.6) is 0 Å². The third-order valence-electron chi connectivity index (χ3n) is 3.58. The molecule has 0 fully saturated rings. The van der Waals surface area contributed by atoms with Gasteiger partial charge in [0.1, 0.15) is 0 Å². The van der Waals surface area contributed by atoms with Crippen LogP contribution < -0.4 is 5.32 Å². The molecule has 100 valence electrons. The number of rotatable bonds is 1. The lowest BCUT2D eigenvalue weighted by Gasteiger charge is -2.28. The van der Waals surface area contributed by atoms with E-state index in [-0.39, 0.29) is 17.7 Å². The van der Waals surface area contributed by atoms with E-state index in [1.54, 1.807) is 0 Å². The fourth-order valence-electron chi connectivity index (χ4n) is 2.65. The predicted octanol–water partition coefficient (Wildman–Crippen LogP) is 2.39. The molecule has 0 saturated heterocycles. The zero-order valence-electron chi connectivity index (χ0n) is 11.0. The number of hydrogen-bond donors (Lipinski definition) is 2. The maximum Gasteiger partial charge on any atom is 0.274 e. The van der Waals surface area contributed by atoms with E-state index in [4.69, 9.17) is 5.21 Å². The molecule has 0 saturated carbocycles. The van der Waals surface area contributed by atoms with E-state index in [0.29, 0.717) is 5.56 Å². The molecule has 0 aliphatic carbocycles. The first-order valence-corrected chi connectivity index (χ1v) is 6.40. The molecule has 4 nitrogen and oxygen atoms in total. The summed E-state index contributed by atoms with van der Waals surface area (Å²) in [4.78, 5) is 12.1. The molecule has 0 radical (unpaired) electrons. The number of carbonyl (C=O) groups excluding carboxylic acids is 1. The van der Waals surface area contributed by atoms with Gasteiger partial charge in [-0.1, -0.05) is 53.7 Å². The van der Waals surface area contributed by atoms with Crippen molar-refractivity contribution in [1.82, 2.24) is 5.32 Å². The van der Waals surface area contributed by atoms with Crippen LogP contribution in [0.15, 0.2) is 53.7 Å². The summed E-state index contributed by atoms with van der Waals surface area (Å²) in [5, 5.41) is 15.2. The Bertz CT molecular complexity index is 693. The van der Waals surface area contributed by atoms with Crippen molar-refractivity contribution in [2.24, 2.45) is 5.16 Å². The Kier molecular flexibility index (Phi) is 2.99. The molecule has 2 aromatic carbocycles. The predicted molar refractivity (Wildman–Crippen MR) is 75.9 cm³/mol. The van der Waals surface area contributed by atoms with Crippen LogP contribution in [0.1, 0.15) is 28.3 Å². The van der Waals surface area contributed by atoms with Gasteiger partial charge in [-0.25, -0.2) is 0 Å². The normalized spacial score (nSPS) is 19.6. The van der Waals surface area contributed by atoms with Crippen LogP contribution in [0.3, 0.4) is 0 Å². The highest BCUT2D eigenvalue weighted by Gasteiger charge is 2.32. The minimum atomic E-state index is -0.358. The smallest absolute Gasteiger partial charge is 0.274 e. The molecule has 1 unspecified atom stereocenters. The minimum absolute atomic E-state index is 0.0743. The van der Waals surface area contributed by atoms with Gasteiger partial charge in [0.25, 0.3) is 5.91 Å². The zero-order valence-corrected chi connectivity index (χ0v) is 11.0. The number of aryl methyl sites for hydroxylation is 1. The van der Waals surface area contributed by atoms with Crippen molar-refractivity contribution in [3.05, 3.63) is 70.8 Å². The van der Waals surface area contributed by atoms with Gasteiger partial charge in [-0.15, -0.1) is 0 Å². The van der Waals surface area contributed by atoms with Crippen molar-refractivity contribution in [2.75, 3.05) is 0 Å². The fraction of sp³-hybridized carbons (Fsp3) is 0.125. The highest BCUT2D eigenvalue weighted by atomic mass is 16.4. The Labute approximate surface area is 116 Å². The number of benzene rings is 2. The second kappa shape index (κ2) is 4.81. The Balaban J connectivity index is 2.22. The monoisotopic (exact) mass is 266 g/mol. The first-order valence-electron chi connectivity index (χ1n) is 6.40. The average Bonchev–Trinajstić information content (AvgIpc) is 2.48. The van der Waals surface area contributed by atoms with Crippen LogP contribution >= 0.6 is 0 Å². The van der Waals surface area contributed by atoms with E-state index in [1.165, 1.54) is 0 Å². The molecular formula is C16H14N2O2. The lowest BCUT2D eigenvalue weighted by Crippen LogP contribution is -2.41. The topological polar surface area (TPSA) is 61.7 Å². The zero-order chi connectivity index (χ0) is 14.1. The SMILES string of the molecule is Cc1cccc2c1C(=NO)C(=O)NC2c1ccccc1. The molecule has 1 amide bonds. The van der Waals surface area contributed by atoms with Gasteiger partial charge in [-0.05, 0) is 23.6 Å². The van der Waals surface area contributed by atoms with Crippen molar-refractivity contribution in [2.45, 2.75) is 13.0 Å². The largest absolute Gasteiger partial charge is 0.410 e. The molecule has 1 atom stereocenters. The second-order valence-corrected chi connectivity index (χ2v) is 4.80. The van der Waals surface area contributed by atoms with Crippen LogP contribution in [0, 0.1) is 6.92 Å². The Morgan fingerprint density at radius 2 is 1.85 bits per heavy atom. The molecule has 20 heavy (non-hydrogen) atoms. The van der Waals surface area contributed by atoms with E-state index in [2.05, 4.69) is 10.5 Å². The first kappa shape index (κ1) is 12.4. The number of carbonyl (C=O) groups is 1. The molecule has 2 N–H and O–H groups in total. The van der Waals surface area contributed by atoms with Crippen LogP contribution in [0.25, 0.3) is 0 Å². The summed E-state index contributed by atoms with van der Waals surface area (Å²) in [5.74, 6) is -0.358. The molecule has 2 aromatic rings. The summed E-state index contributed by atoms with van der Waals surface area (Å²) in [6, 6.07) is 15.3. The van der Waals surface area contributed by atoms with Crippen molar-refractivity contribution in [3.8, 4) is 0 Å². The van der Waals surface area contributed by atoms with Gasteiger partial charge in [0.2, 0.25) is 0 Å². The lowest BCUT2D eigenvalue weighted by molar-refractivity contribution is -0.115. The number of amides is 1. The maximum atomic E-state index is 12.1. The third kappa shape index (κ3) is 1.86. The van der Waals surface area contributed by atoms with Crippen LogP contribution in [-0.2, 0) is 4.79 Å². The molecule has 0 spiro atoms. The quantitative estimate of drug-likeness (QED) is 0.615. The first-order chi connectivity index (χ1) is 9.72. The molecule has 1 aliphatic rings. The molecule has 3 rings (SSSR count). The average molecular weight is 266 g/mol. The third-order valence-corrected chi connectivity index (χ3v) is 3.58. The van der Waals surface area contributed by atoms with Gasteiger partial charge < -0.3 is 10.5 Å². The molecular weight excluding hydrogens is 252 g/mol. The maximum absolute atomic E-state index is 12.1. The summed E-state index contributed by atoms with van der Waals surface area (Å²) in [6.45, 7) is 1.91. The second-order valence-electron chi connectivity index (χ2n) is 4.80. The lowest BCUT2D eigenvalue weighted by atomic mass is 9.86. The molecule has 4 heteroatoms. The van der Waals surface area contributed by atoms with Crippen LogP contribution in [-0.4, -0.2) is 16.8 Å². The Hall–Kier alpha value is -2.62. The summed E-state index contributed by atoms with van der Waals surface area (Å²) in [7, 11) is 0. The van der Waals surface area contributed by atoms with E-state index in [9.17, 15) is 4.79 Å². The molecule has 0 bridgehead atoms. The summed E-state index contributed by atoms with van der Waals surface area (Å²) >= 11 is 0. The van der Waals surface area contributed by atoms with E-state index in [0.717, 1.165) is 16.7 Å². The Morgan fingerprint density at radius 1 is 1.10 bits per heavy atom. The van der Waals surface area contributed by atoms with Gasteiger partial charge in [-0.3, -0.25) is 4.79 Å². The number of nitrogens with zero attached hydrogens (tertiary/aromatic N) is 1. The summed E-state index contributed by atoms with van der Waals surface area (Å²) in [6.07, 6.45) is 0. The van der Waals surface area contributed by atoms with E-state index < -0.39 is 0 Å². The highest BCUT2D eigenvalue weighted by molar-refractivity contribution is 6.46. The molecule has 1 heterocycles. The van der Waals surface area contributed by atoms with Gasteiger partial charge in [-0.2, -0.15) is 0 Å². The standard InChI is InChI=1S/C16H14N2O2/c1-10-6-5-9-12-13(10)15(18-20)16(19)17-14(12)11-7-3-2-4-8-11/h2-9,14,20H,1H3,(H,17,19). The van der Waals surface area contributed by atoms with Gasteiger partial charge in [0, 0.05) is 5.56 Å². The Morgan fingerprint density at radius 3 is 2.55 bits per heavy atom. The van der Waals surface area contributed by atoms with Gasteiger partial charge >= 0.3 is 0 Å². The van der Waals surface area contributed by atoms with Crippen molar-refractivity contribution < 1.29 is 10.0 Å². The number of fused-ring (bicyclic) bond motifs is 1. The van der Waals surface area contributed by atoms with Gasteiger partial charge in [0.05, 0.1) is 6.04 Å². The van der Waals surface area contributed by atoms with Crippen LogP contribution in [0.2, 0.25) is 0 Å². The van der Waals surface area contributed by atoms with Gasteiger partial charge in [0.15, 0.2) is 5.71 Å². The van der Waals surface area contributed by atoms with Crippen molar-refractivity contribution >= 4 is 11.6 Å². The fourth-order valence-corrected chi connectivity index (χ4v) is 2.65. The number of hydrogen-bond acceptors (Lipinski definition) is 3. The number of oxime groups is 1. The summed E-state index contributed by atoms with van der Waals surface area (Å²) < 4.78 is 0. The summed E-state index contributed by atoms with van der Waals surface area (Å²) in [5.41, 5.74) is 3.66. The van der Waals surface area contributed by atoms with Crippen LogP contribution in [0.4, 0.5) is 0 Å².